The smallest absolute Gasteiger partial charge is 0.327 e. The lowest BCUT2D eigenvalue weighted by molar-refractivity contribution is -0.169. The Kier molecular flexibility index (Phi) is 2.73. The van der Waals surface area contributed by atoms with Crippen LogP contribution in [-0.4, -0.2) is 43.9 Å². The van der Waals surface area contributed by atoms with E-state index in [4.69, 9.17) is 0 Å². The third kappa shape index (κ3) is 1.25. The summed E-state index contributed by atoms with van der Waals surface area (Å²) in [5, 5.41) is 0. The van der Waals surface area contributed by atoms with Crippen LogP contribution in [-0.2, 0) is 14.3 Å². The summed E-state index contributed by atoms with van der Waals surface area (Å²) in [5.74, 6) is -2.01. The summed E-state index contributed by atoms with van der Waals surface area (Å²) < 4.78 is 29.7. The molecule has 0 saturated carbocycles. The maximum absolute atomic E-state index is 12.7. The van der Waals surface area contributed by atoms with Gasteiger partial charge in [0.15, 0.2) is 0 Å². The molecule has 0 aromatic rings. The van der Waals surface area contributed by atoms with Gasteiger partial charge in [0.2, 0.25) is 11.3 Å². The van der Waals surface area contributed by atoms with Gasteiger partial charge in [0.05, 0.1) is 7.11 Å². The first kappa shape index (κ1) is 10.9. The molecule has 0 bridgehead atoms. The molecule has 1 heterocycles. The molecule has 1 amide bonds. The van der Waals surface area contributed by atoms with Crippen LogP contribution in [0.2, 0.25) is 0 Å². The molecule has 0 N–H and O–H groups in total. The van der Waals surface area contributed by atoms with Crippen molar-refractivity contribution in [1.29, 1.82) is 0 Å². The number of amides is 1. The lowest BCUT2D eigenvalue weighted by Crippen LogP contribution is -2.45. The van der Waals surface area contributed by atoms with Gasteiger partial charge in [-0.15, -0.1) is 0 Å². The summed E-state index contributed by atoms with van der Waals surface area (Å²) in [7, 11) is 2.38. The molecule has 0 aromatic carbocycles. The number of halogens is 2. The molecule has 4 nitrogen and oxygen atoms in total. The van der Waals surface area contributed by atoms with E-state index in [2.05, 4.69) is 4.74 Å². The standard InChI is InChI=1S/C8H11F2NO3/c1-11-4-3-8(5(9)10,6(11)12)7(13)14-2/h5H,3-4H2,1-2H3. The van der Waals surface area contributed by atoms with Crippen LogP contribution < -0.4 is 0 Å². The number of esters is 1. The van der Waals surface area contributed by atoms with Crippen LogP contribution in [0.5, 0.6) is 0 Å². The van der Waals surface area contributed by atoms with Gasteiger partial charge in [-0.1, -0.05) is 0 Å². The Labute approximate surface area is 79.8 Å². The number of carbonyl (C=O) groups is 2. The highest BCUT2D eigenvalue weighted by atomic mass is 19.3. The summed E-state index contributed by atoms with van der Waals surface area (Å²) in [6, 6.07) is 0. The molecule has 1 fully saturated rings. The Morgan fingerprint density at radius 1 is 1.64 bits per heavy atom. The van der Waals surface area contributed by atoms with E-state index in [0.29, 0.717) is 0 Å². The van der Waals surface area contributed by atoms with Crippen molar-refractivity contribution in [1.82, 2.24) is 4.90 Å². The zero-order valence-electron chi connectivity index (χ0n) is 7.92. The van der Waals surface area contributed by atoms with Crippen LogP contribution >= 0.6 is 0 Å². The first-order valence-corrected chi connectivity index (χ1v) is 4.09. The normalized spacial score (nSPS) is 27.2. The Morgan fingerprint density at radius 3 is 2.50 bits per heavy atom. The van der Waals surface area contributed by atoms with Gasteiger partial charge >= 0.3 is 5.97 Å². The monoisotopic (exact) mass is 207 g/mol. The second-order valence-electron chi connectivity index (χ2n) is 3.24. The summed E-state index contributed by atoms with van der Waals surface area (Å²) in [6.45, 7) is 0.151. The molecule has 0 aromatic heterocycles. The highest BCUT2D eigenvalue weighted by Gasteiger charge is 2.59. The number of hydrogen-bond donors (Lipinski definition) is 0. The summed E-state index contributed by atoms with van der Waals surface area (Å²) in [5.41, 5.74) is -2.27. The van der Waals surface area contributed by atoms with E-state index >= 15 is 0 Å². The topological polar surface area (TPSA) is 46.6 Å². The van der Waals surface area contributed by atoms with E-state index in [1.807, 2.05) is 0 Å². The van der Waals surface area contributed by atoms with Crippen molar-refractivity contribution in [3.8, 4) is 0 Å². The molecule has 80 valence electrons. The lowest BCUT2D eigenvalue weighted by Gasteiger charge is -2.22. The van der Waals surface area contributed by atoms with Crippen molar-refractivity contribution in [3.05, 3.63) is 0 Å². The fraction of sp³-hybridized carbons (Fsp3) is 0.750. The number of hydrogen-bond acceptors (Lipinski definition) is 3. The van der Waals surface area contributed by atoms with E-state index in [1.165, 1.54) is 7.05 Å². The van der Waals surface area contributed by atoms with Gasteiger partial charge in [0.1, 0.15) is 0 Å². The SMILES string of the molecule is COC(=O)C1(C(F)F)CCN(C)C1=O. The number of carbonyl (C=O) groups excluding carboxylic acids is 2. The second kappa shape index (κ2) is 3.51. The van der Waals surface area contributed by atoms with E-state index < -0.39 is 23.7 Å². The van der Waals surface area contributed by atoms with Gasteiger partial charge in [-0.05, 0) is 6.42 Å². The number of rotatable bonds is 2. The van der Waals surface area contributed by atoms with Gasteiger partial charge in [0, 0.05) is 13.6 Å². The van der Waals surface area contributed by atoms with E-state index in [0.717, 1.165) is 12.0 Å². The van der Waals surface area contributed by atoms with Crippen LogP contribution in [0.3, 0.4) is 0 Å². The van der Waals surface area contributed by atoms with Crippen molar-refractivity contribution in [3.63, 3.8) is 0 Å². The third-order valence-electron chi connectivity index (χ3n) is 2.49. The molecule has 1 rings (SSSR count). The van der Waals surface area contributed by atoms with Crippen LogP contribution in [0.25, 0.3) is 0 Å². The first-order chi connectivity index (χ1) is 6.46. The maximum Gasteiger partial charge on any atom is 0.327 e. The molecule has 0 radical (unpaired) electrons. The Hall–Kier alpha value is -1.20. The highest BCUT2D eigenvalue weighted by Crippen LogP contribution is 2.38. The molecule has 6 heteroatoms. The number of methoxy groups -OCH3 is 1. The van der Waals surface area contributed by atoms with Gasteiger partial charge in [-0.3, -0.25) is 9.59 Å². The van der Waals surface area contributed by atoms with Crippen molar-refractivity contribution in [2.75, 3.05) is 20.7 Å². The molecule has 1 atom stereocenters. The van der Waals surface area contributed by atoms with Gasteiger partial charge < -0.3 is 9.64 Å². The molecular formula is C8H11F2NO3. The Bertz CT molecular complexity index is 269. The van der Waals surface area contributed by atoms with Crippen molar-refractivity contribution in [2.45, 2.75) is 12.8 Å². The van der Waals surface area contributed by atoms with Gasteiger partial charge in [-0.25, -0.2) is 8.78 Å². The summed E-state index contributed by atoms with van der Waals surface area (Å²) >= 11 is 0. The molecule has 1 aliphatic heterocycles. The number of nitrogens with zero attached hydrogens (tertiary/aromatic N) is 1. The van der Waals surface area contributed by atoms with Gasteiger partial charge in [0.25, 0.3) is 6.43 Å². The molecule has 1 aliphatic rings. The lowest BCUT2D eigenvalue weighted by atomic mass is 9.87. The van der Waals surface area contributed by atoms with E-state index in [-0.39, 0.29) is 13.0 Å². The minimum Gasteiger partial charge on any atom is -0.468 e. The zero-order valence-corrected chi connectivity index (χ0v) is 7.92. The van der Waals surface area contributed by atoms with Crippen LogP contribution in [0.4, 0.5) is 8.78 Å². The largest absolute Gasteiger partial charge is 0.468 e. The van der Waals surface area contributed by atoms with E-state index in [9.17, 15) is 18.4 Å². The summed E-state index contributed by atoms with van der Waals surface area (Å²) in [6.07, 6.45) is -3.21. The maximum atomic E-state index is 12.7. The van der Waals surface area contributed by atoms with Crippen molar-refractivity contribution in [2.24, 2.45) is 5.41 Å². The molecular weight excluding hydrogens is 196 g/mol. The minimum absolute atomic E-state index is 0.151. The fourth-order valence-electron chi connectivity index (χ4n) is 1.56. The molecule has 14 heavy (non-hydrogen) atoms. The molecule has 1 saturated heterocycles. The van der Waals surface area contributed by atoms with Gasteiger partial charge in [-0.2, -0.15) is 0 Å². The predicted molar refractivity (Wildman–Crippen MR) is 42.7 cm³/mol. The number of likely N-dealkylation sites (tertiary alicyclic amines) is 1. The minimum atomic E-state index is -3.02. The Balaban J connectivity index is 3.06. The average molecular weight is 207 g/mol. The molecule has 0 aliphatic carbocycles. The quantitative estimate of drug-likeness (QED) is 0.482. The van der Waals surface area contributed by atoms with Crippen LogP contribution in [0.1, 0.15) is 6.42 Å². The second-order valence-corrected chi connectivity index (χ2v) is 3.24. The van der Waals surface area contributed by atoms with Crippen LogP contribution in [0, 0.1) is 5.41 Å². The average Bonchev–Trinajstić information content (AvgIpc) is 2.44. The number of ether oxygens (including phenoxy) is 1. The Morgan fingerprint density at radius 2 is 2.21 bits per heavy atom. The fourth-order valence-corrected chi connectivity index (χ4v) is 1.56. The predicted octanol–water partition coefficient (Wildman–Crippen LogP) is 0.273. The summed E-state index contributed by atoms with van der Waals surface area (Å²) in [4.78, 5) is 23.7. The van der Waals surface area contributed by atoms with Crippen LogP contribution in [0.15, 0.2) is 0 Å². The molecule has 0 spiro atoms. The van der Waals surface area contributed by atoms with Crippen molar-refractivity contribution < 1.29 is 23.1 Å². The third-order valence-corrected chi connectivity index (χ3v) is 2.49. The van der Waals surface area contributed by atoms with Crippen molar-refractivity contribution >= 4 is 11.9 Å². The van der Waals surface area contributed by atoms with E-state index in [1.54, 1.807) is 0 Å². The number of alkyl halides is 2. The first-order valence-electron chi connectivity index (χ1n) is 4.09. The molecule has 1 unspecified atom stereocenters. The zero-order chi connectivity index (χ0) is 10.9. The highest BCUT2D eigenvalue weighted by molar-refractivity contribution is 6.04.